The van der Waals surface area contributed by atoms with Crippen molar-refractivity contribution < 1.29 is 9.53 Å². The van der Waals surface area contributed by atoms with Gasteiger partial charge in [0.25, 0.3) is 0 Å². The van der Waals surface area contributed by atoms with Gasteiger partial charge in [-0.15, -0.1) is 0 Å². The van der Waals surface area contributed by atoms with Crippen molar-refractivity contribution in [2.24, 2.45) is 0 Å². The molecule has 4 heteroatoms. The van der Waals surface area contributed by atoms with Crippen LogP contribution in [-0.4, -0.2) is 34.5 Å². The van der Waals surface area contributed by atoms with Gasteiger partial charge in [-0.1, -0.05) is 6.07 Å². The number of amides is 1. The molecule has 2 rings (SSSR count). The van der Waals surface area contributed by atoms with Crippen LogP contribution in [0.1, 0.15) is 45.2 Å². The molecular weight excluding hydrogens is 252 g/mol. The first kappa shape index (κ1) is 15.0. The van der Waals surface area contributed by atoms with Crippen molar-refractivity contribution in [3.05, 3.63) is 30.1 Å². The number of rotatable bonds is 6. The zero-order chi connectivity index (χ0) is 14.4. The van der Waals surface area contributed by atoms with Gasteiger partial charge in [0.05, 0.1) is 18.3 Å². The molecule has 20 heavy (non-hydrogen) atoms. The quantitative estimate of drug-likeness (QED) is 0.802. The summed E-state index contributed by atoms with van der Waals surface area (Å²) >= 11 is 0. The van der Waals surface area contributed by atoms with E-state index in [1.165, 1.54) is 0 Å². The van der Waals surface area contributed by atoms with E-state index in [4.69, 9.17) is 4.74 Å². The smallest absolute Gasteiger partial charge is 0.223 e. The summed E-state index contributed by atoms with van der Waals surface area (Å²) < 4.78 is 5.58. The molecule has 2 heterocycles. The monoisotopic (exact) mass is 276 g/mol. The van der Waals surface area contributed by atoms with Gasteiger partial charge in [-0.3, -0.25) is 9.78 Å². The van der Waals surface area contributed by atoms with Gasteiger partial charge in [-0.05, 0) is 45.2 Å². The molecule has 0 saturated carbocycles. The van der Waals surface area contributed by atoms with Crippen LogP contribution < -0.4 is 0 Å². The van der Waals surface area contributed by atoms with Crippen LogP contribution >= 0.6 is 0 Å². The molecule has 0 unspecified atom stereocenters. The van der Waals surface area contributed by atoms with Crippen molar-refractivity contribution in [1.82, 2.24) is 9.88 Å². The summed E-state index contributed by atoms with van der Waals surface area (Å²) in [5.74, 6) is 0.196. The standard InChI is InChI=1S/C16H24N2O2/c1-13(2)18(12-14-6-3-4-10-17-14)16(19)9-8-15-7-5-11-20-15/h3-4,6,10,13,15H,5,7-9,11-12H2,1-2H3/t15-/m0/s1. The minimum absolute atomic E-state index is 0.189. The van der Waals surface area contributed by atoms with E-state index in [9.17, 15) is 4.79 Å². The summed E-state index contributed by atoms with van der Waals surface area (Å²) in [5.41, 5.74) is 0.937. The van der Waals surface area contributed by atoms with Gasteiger partial charge in [0.15, 0.2) is 0 Å². The summed E-state index contributed by atoms with van der Waals surface area (Å²) in [6.45, 7) is 5.53. The van der Waals surface area contributed by atoms with Crippen LogP contribution in [0.2, 0.25) is 0 Å². The molecule has 1 fully saturated rings. The lowest BCUT2D eigenvalue weighted by Crippen LogP contribution is -2.36. The molecule has 1 amide bonds. The third kappa shape index (κ3) is 4.30. The van der Waals surface area contributed by atoms with E-state index in [-0.39, 0.29) is 18.1 Å². The number of aromatic nitrogens is 1. The molecule has 1 aromatic heterocycles. The van der Waals surface area contributed by atoms with Gasteiger partial charge in [0, 0.05) is 25.3 Å². The highest BCUT2D eigenvalue weighted by atomic mass is 16.5. The molecule has 0 bridgehead atoms. The second-order valence-corrected chi connectivity index (χ2v) is 5.61. The number of hydrogen-bond donors (Lipinski definition) is 0. The van der Waals surface area contributed by atoms with Crippen molar-refractivity contribution in [1.29, 1.82) is 0 Å². The second kappa shape index (κ2) is 7.39. The zero-order valence-electron chi connectivity index (χ0n) is 12.4. The first-order valence-corrected chi connectivity index (χ1v) is 7.48. The fourth-order valence-electron chi connectivity index (χ4n) is 2.52. The number of carbonyl (C=O) groups is 1. The first-order chi connectivity index (χ1) is 9.66. The molecule has 1 atom stereocenters. The van der Waals surface area contributed by atoms with Crippen LogP contribution in [0.4, 0.5) is 0 Å². The maximum absolute atomic E-state index is 12.4. The summed E-state index contributed by atoms with van der Waals surface area (Å²) in [4.78, 5) is 18.6. The number of ether oxygens (including phenoxy) is 1. The Morgan fingerprint density at radius 3 is 2.95 bits per heavy atom. The molecule has 0 aliphatic carbocycles. The van der Waals surface area contributed by atoms with E-state index >= 15 is 0 Å². The van der Waals surface area contributed by atoms with Crippen LogP contribution in [0.5, 0.6) is 0 Å². The van der Waals surface area contributed by atoms with E-state index in [0.29, 0.717) is 13.0 Å². The Morgan fingerprint density at radius 2 is 2.35 bits per heavy atom. The lowest BCUT2D eigenvalue weighted by molar-refractivity contribution is -0.134. The lowest BCUT2D eigenvalue weighted by atomic mass is 10.1. The highest BCUT2D eigenvalue weighted by Crippen LogP contribution is 2.18. The van der Waals surface area contributed by atoms with E-state index in [0.717, 1.165) is 31.6 Å². The predicted molar refractivity (Wildman–Crippen MR) is 78.1 cm³/mol. The van der Waals surface area contributed by atoms with E-state index in [1.54, 1.807) is 6.20 Å². The van der Waals surface area contributed by atoms with Crippen molar-refractivity contribution >= 4 is 5.91 Å². The topological polar surface area (TPSA) is 42.4 Å². The van der Waals surface area contributed by atoms with E-state index in [1.807, 2.05) is 36.9 Å². The van der Waals surface area contributed by atoms with Gasteiger partial charge in [-0.2, -0.15) is 0 Å². The highest BCUT2D eigenvalue weighted by molar-refractivity contribution is 5.76. The first-order valence-electron chi connectivity index (χ1n) is 7.48. The fourth-order valence-corrected chi connectivity index (χ4v) is 2.52. The van der Waals surface area contributed by atoms with Gasteiger partial charge in [0.1, 0.15) is 0 Å². The summed E-state index contributed by atoms with van der Waals surface area (Å²) in [7, 11) is 0. The van der Waals surface area contributed by atoms with Crippen LogP contribution in [0, 0.1) is 0 Å². The summed E-state index contributed by atoms with van der Waals surface area (Å²) in [6.07, 6.45) is 5.67. The Balaban J connectivity index is 1.88. The number of hydrogen-bond acceptors (Lipinski definition) is 3. The van der Waals surface area contributed by atoms with Crippen LogP contribution in [0.3, 0.4) is 0 Å². The Morgan fingerprint density at radius 1 is 1.50 bits per heavy atom. The summed E-state index contributed by atoms with van der Waals surface area (Å²) in [5, 5.41) is 0. The maximum atomic E-state index is 12.4. The molecule has 110 valence electrons. The normalized spacial score (nSPS) is 18.4. The van der Waals surface area contributed by atoms with Crippen molar-refractivity contribution in [3.63, 3.8) is 0 Å². The largest absolute Gasteiger partial charge is 0.378 e. The van der Waals surface area contributed by atoms with Gasteiger partial charge < -0.3 is 9.64 Å². The average molecular weight is 276 g/mol. The minimum Gasteiger partial charge on any atom is -0.378 e. The van der Waals surface area contributed by atoms with Crippen LogP contribution in [0.15, 0.2) is 24.4 Å². The van der Waals surface area contributed by atoms with Gasteiger partial charge >= 0.3 is 0 Å². The molecule has 4 nitrogen and oxygen atoms in total. The third-order valence-corrected chi connectivity index (χ3v) is 3.71. The third-order valence-electron chi connectivity index (χ3n) is 3.71. The second-order valence-electron chi connectivity index (χ2n) is 5.61. The Bertz CT molecular complexity index is 414. The predicted octanol–water partition coefficient (Wildman–Crippen LogP) is 2.78. The van der Waals surface area contributed by atoms with E-state index in [2.05, 4.69) is 4.98 Å². The maximum Gasteiger partial charge on any atom is 0.223 e. The molecule has 1 aromatic rings. The van der Waals surface area contributed by atoms with Gasteiger partial charge in [-0.25, -0.2) is 0 Å². The Labute approximate surface area is 121 Å². The highest BCUT2D eigenvalue weighted by Gasteiger charge is 2.21. The number of carbonyl (C=O) groups excluding carboxylic acids is 1. The van der Waals surface area contributed by atoms with Crippen molar-refractivity contribution in [2.45, 2.75) is 58.2 Å². The van der Waals surface area contributed by atoms with Gasteiger partial charge in [0.2, 0.25) is 5.91 Å². The molecular formula is C16H24N2O2. The molecule has 0 spiro atoms. The minimum atomic E-state index is 0.189. The molecule has 0 radical (unpaired) electrons. The Kier molecular flexibility index (Phi) is 5.53. The molecule has 0 N–H and O–H groups in total. The van der Waals surface area contributed by atoms with Crippen molar-refractivity contribution in [2.75, 3.05) is 6.61 Å². The van der Waals surface area contributed by atoms with Crippen molar-refractivity contribution in [3.8, 4) is 0 Å². The average Bonchev–Trinajstić information content (AvgIpc) is 2.96. The summed E-state index contributed by atoms with van der Waals surface area (Å²) in [6, 6.07) is 6.00. The lowest BCUT2D eigenvalue weighted by Gasteiger charge is -2.27. The fraction of sp³-hybridized carbons (Fsp3) is 0.625. The molecule has 1 saturated heterocycles. The zero-order valence-corrected chi connectivity index (χ0v) is 12.4. The number of pyridine rings is 1. The number of nitrogens with zero attached hydrogens (tertiary/aromatic N) is 2. The molecule has 1 aliphatic heterocycles. The Hall–Kier alpha value is -1.42. The molecule has 1 aliphatic rings. The van der Waals surface area contributed by atoms with Crippen LogP contribution in [0.25, 0.3) is 0 Å². The van der Waals surface area contributed by atoms with E-state index < -0.39 is 0 Å². The SMILES string of the molecule is CC(C)N(Cc1ccccn1)C(=O)CC[C@@H]1CCCO1. The van der Waals surface area contributed by atoms with Crippen LogP contribution in [-0.2, 0) is 16.1 Å². The molecule has 0 aromatic carbocycles.